The summed E-state index contributed by atoms with van der Waals surface area (Å²) < 4.78 is 7.89. The number of carbonyl (C=O) groups is 2. The van der Waals surface area contributed by atoms with Crippen molar-refractivity contribution in [3.8, 4) is 5.69 Å². The molecule has 2 heterocycles. The summed E-state index contributed by atoms with van der Waals surface area (Å²) in [6.45, 7) is 0.212. The van der Waals surface area contributed by atoms with Crippen LogP contribution in [0.1, 0.15) is 5.69 Å². The van der Waals surface area contributed by atoms with E-state index in [2.05, 4.69) is 10.3 Å². The Morgan fingerprint density at radius 2 is 1.58 bits per heavy atom. The topological polar surface area (TPSA) is 77.3 Å². The van der Waals surface area contributed by atoms with Gasteiger partial charge in [-0.15, -0.1) is 5.10 Å². The van der Waals surface area contributed by atoms with E-state index in [9.17, 15) is 9.59 Å². The zero-order chi connectivity index (χ0) is 21.3. The van der Waals surface area contributed by atoms with Gasteiger partial charge in [0.1, 0.15) is 0 Å². The molecule has 0 saturated carbocycles. The molecular formula is C24H20N4O3. The maximum atomic E-state index is 13.6. The minimum Gasteiger partial charge on any atom is -0.347 e. The predicted molar refractivity (Wildman–Crippen MR) is 114 cm³/mol. The Hall–Kier alpha value is -3.84. The van der Waals surface area contributed by atoms with Gasteiger partial charge in [0, 0.05) is 12.1 Å². The lowest BCUT2D eigenvalue weighted by atomic mass is 9.94. The molecule has 2 aromatic carbocycles. The first-order valence-corrected chi connectivity index (χ1v) is 10.1. The highest BCUT2D eigenvalue weighted by atomic mass is 16.5. The molecule has 1 aliphatic heterocycles. The van der Waals surface area contributed by atoms with Gasteiger partial charge in [-0.25, -0.2) is 4.68 Å². The summed E-state index contributed by atoms with van der Waals surface area (Å²) in [4.78, 5) is 26.9. The highest BCUT2D eigenvalue weighted by Gasteiger charge is 2.46. The van der Waals surface area contributed by atoms with E-state index in [1.807, 2.05) is 66.9 Å². The van der Waals surface area contributed by atoms with E-state index < -0.39 is 11.6 Å². The van der Waals surface area contributed by atoms with Gasteiger partial charge in [-0.1, -0.05) is 41.6 Å². The van der Waals surface area contributed by atoms with Gasteiger partial charge in [0.05, 0.1) is 30.1 Å². The van der Waals surface area contributed by atoms with Gasteiger partial charge >= 0.3 is 0 Å². The second-order valence-electron chi connectivity index (χ2n) is 7.53. The normalized spacial score (nSPS) is 19.9. The van der Waals surface area contributed by atoms with Crippen molar-refractivity contribution in [1.29, 1.82) is 0 Å². The molecule has 31 heavy (non-hydrogen) atoms. The molecule has 0 N–H and O–H groups in total. The number of hydrogen-bond donors (Lipinski definition) is 0. The van der Waals surface area contributed by atoms with Crippen molar-refractivity contribution < 1.29 is 14.3 Å². The maximum Gasteiger partial charge on any atom is 0.235 e. The Morgan fingerprint density at radius 1 is 0.935 bits per heavy atom. The van der Waals surface area contributed by atoms with Crippen molar-refractivity contribution in [2.75, 3.05) is 11.5 Å². The number of benzene rings is 2. The SMILES string of the molecule is O=C1C=CC2(C=C1)OCC(Cc1cn(-c3ccccc3)nn1)C(=O)N2c1ccccc1. The Bertz CT molecular complexity index is 1150. The fraction of sp³-hybridized carbons (Fsp3) is 0.167. The molecule has 2 aliphatic rings. The number of anilines is 1. The number of hydrogen-bond acceptors (Lipinski definition) is 5. The fourth-order valence-electron chi connectivity index (χ4n) is 3.89. The van der Waals surface area contributed by atoms with E-state index >= 15 is 0 Å². The zero-order valence-electron chi connectivity index (χ0n) is 16.7. The first kappa shape index (κ1) is 19.1. The molecule has 0 bridgehead atoms. The average molecular weight is 412 g/mol. The quantitative estimate of drug-likeness (QED) is 0.659. The molecule has 7 nitrogen and oxygen atoms in total. The molecule has 1 aliphatic carbocycles. The highest BCUT2D eigenvalue weighted by Crippen LogP contribution is 2.36. The maximum absolute atomic E-state index is 13.6. The first-order chi connectivity index (χ1) is 15.1. The molecule has 5 rings (SSSR count). The Morgan fingerprint density at radius 3 is 2.26 bits per heavy atom. The van der Waals surface area contributed by atoms with E-state index in [1.165, 1.54) is 12.2 Å². The smallest absolute Gasteiger partial charge is 0.235 e. The highest BCUT2D eigenvalue weighted by molar-refractivity contribution is 6.03. The lowest BCUT2D eigenvalue weighted by Gasteiger charge is -2.46. The van der Waals surface area contributed by atoms with Crippen LogP contribution in [-0.4, -0.2) is 39.0 Å². The number of para-hydroxylation sites is 2. The zero-order valence-corrected chi connectivity index (χ0v) is 16.7. The molecular weight excluding hydrogens is 392 g/mol. The summed E-state index contributed by atoms with van der Waals surface area (Å²) in [5.74, 6) is -0.643. The van der Waals surface area contributed by atoms with Gasteiger partial charge in [-0.3, -0.25) is 14.5 Å². The Balaban J connectivity index is 1.43. The molecule has 1 saturated heterocycles. The second kappa shape index (κ2) is 7.77. The van der Waals surface area contributed by atoms with Crippen LogP contribution in [-0.2, 0) is 20.7 Å². The molecule has 1 fully saturated rings. The van der Waals surface area contributed by atoms with Gasteiger partial charge < -0.3 is 4.74 Å². The fourth-order valence-corrected chi connectivity index (χ4v) is 3.89. The van der Waals surface area contributed by atoms with Crippen LogP contribution in [0.5, 0.6) is 0 Å². The van der Waals surface area contributed by atoms with Crippen LogP contribution in [0.2, 0.25) is 0 Å². The standard InChI is InChI=1S/C24H20N4O3/c29-22-11-13-24(14-12-22)28(21-9-5-2-6-10-21)23(30)18(17-31-24)15-19-16-27(26-25-19)20-7-3-1-4-8-20/h1-14,16,18H,15,17H2. The number of amides is 1. The van der Waals surface area contributed by atoms with E-state index in [0.29, 0.717) is 17.8 Å². The predicted octanol–water partition coefficient (Wildman–Crippen LogP) is 2.88. The molecule has 0 radical (unpaired) electrons. The third kappa shape index (κ3) is 3.60. The van der Waals surface area contributed by atoms with Crippen LogP contribution in [0.3, 0.4) is 0 Å². The first-order valence-electron chi connectivity index (χ1n) is 10.1. The van der Waals surface area contributed by atoms with Crippen LogP contribution < -0.4 is 4.90 Å². The largest absolute Gasteiger partial charge is 0.347 e. The summed E-state index contributed by atoms with van der Waals surface area (Å²) >= 11 is 0. The lowest BCUT2D eigenvalue weighted by Crippen LogP contribution is -2.60. The molecule has 1 amide bonds. The molecule has 7 heteroatoms. The van der Waals surface area contributed by atoms with Gasteiger partial charge in [0.15, 0.2) is 11.5 Å². The van der Waals surface area contributed by atoms with Gasteiger partial charge in [0.25, 0.3) is 0 Å². The number of ether oxygens (including phenoxy) is 1. The van der Waals surface area contributed by atoms with Crippen LogP contribution in [0.4, 0.5) is 5.69 Å². The minimum absolute atomic E-state index is 0.0876. The number of aromatic nitrogens is 3. The number of rotatable bonds is 4. The number of carbonyl (C=O) groups excluding carboxylic acids is 2. The van der Waals surface area contributed by atoms with Crippen LogP contribution in [0.25, 0.3) is 5.69 Å². The van der Waals surface area contributed by atoms with Crippen LogP contribution in [0.15, 0.2) is 91.2 Å². The van der Waals surface area contributed by atoms with Crippen LogP contribution in [0, 0.1) is 5.92 Å². The van der Waals surface area contributed by atoms with Crippen LogP contribution >= 0.6 is 0 Å². The number of nitrogens with zero attached hydrogens (tertiary/aromatic N) is 4. The summed E-state index contributed by atoms with van der Waals surface area (Å²) in [7, 11) is 0. The van der Waals surface area contributed by atoms with Crippen molar-refractivity contribution in [3.05, 3.63) is 96.9 Å². The summed E-state index contributed by atoms with van der Waals surface area (Å²) in [6, 6.07) is 19.0. The molecule has 3 aromatic rings. The minimum atomic E-state index is -1.11. The third-order valence-electron chi connectivity index (χ3n) is 5.44. The van der Waals surface area contributed by atoms with Crippen molar-refractivity contribution in [2.24, 2.45) is 5.92 Å². The Labute approximate surface area is 179 Å². The molecule has 1 aromatic heterocycles. The summed E-state index contributed by atoms with van der Waals surface area (Å²) in [5, 5.41) is 8.43. The molecule has 1 spiro atoms. The summed E-state index contributed by atoms with van der Waals surface area (Å²) in [6.07, 6.45) is 8.39. The van der Waals surface area contributed by atoms with Crippen molar-refractivity contribution in [1.82, 2.24) is 15.0 Å². The molecule has 1 unspecified atom stereocenters. The van der Waals surface area contributed by atoms with Crippen molar-refractivity contribution >= 4 is 17.4 Å². The summed E-state index contributed by atoms with van der Waals surface area (Å²) in [5.41, 5.74) is 1.21. The van der Waals surface area contributed by atoms with E-state index in [1.54, 1.807) is 21.7 Å². The number of ketones is 1. The Kier molecular flexibility index (Phi) is 4.80. The van der Waals surface area contributed by atoms with Crippen molar-refractivity contribution in [2.45, 2.75) is 12.1 Å². The monoisotopic (exact) mass is 412 g/mol. The van der Waals surface area contributed by atoms with Gasteiger partial charge in [0.2, 0.25) is 5.91 Å². The van der Waals surface area contributed by atoms with E-state index in [0.717, 1.165) is 5.69 Å². The van der Waals surface area contributed by atoms with E-state index in [-0.39, 0.29) is 18.3 Å². The third-order valence-corrected chi connectivity index (χ3v) is 5.44. The average Bonchev–Trinajstić information content (AvgIpc) is 3.28. The van der Waals surface area contributed by atoms with Gasteiger partial charge in [-0.05, 0) is 48.6 Å². The second-order valence-corrected chi connectivity index (χ2v) is 7.53. The lowest BCUT2D eigenvalue weighted by molar-refractivity contribution is -0.138. The molecule has 1 atom stereocenters. The van der Waals surface area contributed by atoms with E-state index in [4.69, 9.17) is 4.74 Å². The van der Waals surface area contributed by atoms with Gasteiger partial charge in [-0.2, -0.15) is 0 Å². The number of allylic oxidation sites excluding steroid dienone is 2. The van der Waals surface area contributed by atoms with Crippen molar-refractivity contribution in [3.63, 3.8) is 0 Å². The molecule has 154 valence electrons.